The van der Waals surface area contributed by atoms with Crippen molar-refractivity contribution in [1.29, 1.82) is 0 Å². The third kappa shape index (κ3) is 4.47. The standard InChI is InChI=1S/C22H28ClN3O4S/c1-5-26(19(27)21(2,3)4)20-24-14-16(15-25-20)22(10-12-30-13-11-22)31(28,29)18-8-6-17(23)7-9-18/h6-9,14-15H,5,10-13H2,1-4H3. The Kier molecular flexibility index (Phi) is 6.74. The highest BCUT2D eigenvalue weighted by Crippen LogP contribution is 2.43. The molecule has 1 aromatic heterocycles. The van der Waals surface area contributed by atoms with Crippen LogP contribution in [0.5, 0.6) is 0 Å². The SMILES string of the molecule is CCN(C(=O)C(C)(C)C)c1ncc(C2(S(=O)(=O)c3ccc(Cl)cc3)CCOCC2)cn1. The van der Waals surface area contributed by atoms with Gasteiger partial charge in [0.25, 0.3) is 0 Å². The topological polar surface area (TPSA) is 89.5 Å². The van der Waals surface area contributed by atoms with Gasteiger partial charge in [0, 0.05) is 48.2 Å². The van der Waals surface area contributed by atoms with E-state index in [9.17, 15) is 13.2 Å². The molecule has 1 aliphatic rings. The summed E-state index contributed by atoms with van der Waals surface area (Å²) in [6, 6.07) is 6.17. The number of benzene rings is 1. The molecule has 1 fully saturated rings. The summed E-state index contributed by atoms with van der Waals surface area (Å²) in [5, 5.41) is 0.468. The normalized spacial score (nSPS) is 16.7. The van der Waals surface area contributed by atoms with Crippen LogP contribution < -0.4 is 4.90 Å². The van der Waals surface area contributed by atoms with Gasteiger partial charge in [-0.15, -0.1) is 0 Å². The lowest BCUT2D eigenvalue weighted by Crippen LogP contribution is -2.42. The van der Waals surface area contributed by atoms with Crippen LogP contribution in [0.1, 0.15) is 46.1 Å². The Balaban J connectivity index is 2.04. The lowest BCUT2D eigenvalue weighted by Gasteiger charge is -2.36. The Bertz CT molecular complexity index is 1030. The van der Waals surface area contributed by atoms with Crippen LogP contribution in [0.2, 0.25) is 5.02 Å². The molecule has 0 spiro atoms. The van der Waals surface area contributed by atoms with Gasteiger partial charge in [-0.05, 0) is 44.0 Å². The minimum atomic E-state index is -3.77. The summed E-state index contributed by atoms with van der Waals surface area (Å²) in [5.74, 6) is 0.162. The number of hydrogen-bond acceptors (Lipinski definition) is 6. The van der Waals surface area contributed by atoms with E-state index in [1.807, 2.05) is 27.7 Å². The average Bonchev–Trinajstić information content (AvgIpc) is 2.75. The van der Waals surface area contributed by atoms with Gasteiger partial charge < -0.3 is 4.74 Å². The van der Waals surface area contributed by atoms with Crippen molar-refractivity contribution < 1.29 is 17.9 Å². The molecule has 1 saturated heterocycles. The monoisotopic (exact) mass is 465 g/mol. The van der Waals surface area contributed by atoms with Crippen molar-refractivity contribution >= 4 is 33.3 Å². The summed E-state index contributed by atoms with van der Waals surface area (Å²) in [7, 11) is -3.77. The predicted octanol–water partition coefficient (Wildman–Crippen LogP) is 4.01. The molecule has 3 rings (SSSR count). The van der Waals surface area contributed by atoms with Gasteiger partial charge in [-0.2, -0.15) is 0 Å². The molecule has 0 bridgehead atoms. The van der Waals surface area contributed by atoms with E-state index < -0.39 is 20.0 Å². The Morgan fingerprint density at radius 1 is 1.13 bits per heavy atom. The quantitative estimate of drug-likeness (QED) is 0.662. The van der Waals surface area contributed by atoms with Crippen molar-refractivity contribution in [2.75, 3.05) is 24.7 Å². The maximum Gasteiger partial charge on any atom is 0.234 e. The molecule has 7 nitrogen and oxygen atoms in total. The third-order valence-corrected chi connectivity index (χ3v) is 8.37. The first-order valence-corrected chi connectivity index (χ1v) is 12.1. The molecule has 31 heavy (non-hydrogen) atoms. The van der Waals surface area contributed by atoms with Gasteiger partial charge in [0.2, 0.25) is 11.9 Å². The molecule has 0 atom stereocenters. The molecular formula is C22H28ClN3O4S. The number of halogens is 1. The van der Waals surface area contributed by atoms with Crippen molar-refractivity contribution in [2.45, 2.75) is 50.2 Å². The lowest BCUT2D eigenvalue weighted by atomic mass is 9.92. The highest BCUT2D eigenvalue weighted by molar-refractivity contribution is 7.92. The van der Waals surface area contributed by atoms with Crippen LogP contribution in [-0.4, -0.2) is 44.1 Å². The number of anilines is 1. The molecular weight excluding hydrogens is 438 g/mol. The number of nitrogens with zero attached hydrogens (tertiary/aromatic N) is 3. The van der Waals surface area contributed by atoms with Crippen molar-refractivity contribution in [2.24, 2.45) is 5.41 Å². The van der Waals surface area contributed by atoms with Crippen molar-refractivity contribution in [3.05, 3.63) is 47.2 Å². The van der Waals surface area contributed by atoms with Crippen LogP contribution in [-0.2, 0) is 24.1 Å². The Morgan fingerprint density at radius 2 is 1.68 bits per heavy atom. The van der Waals surface area contributed by atoms with E-state index in [0.717, 1.165) is 0 Å². The lowest BCUT2D eigenvalue weighted by molar-refractivity contribution is -0.125. The van der Waals surface area contributed by atoms with Crippen LogP contribution in [0.3, 0.4) is 0 Å². The van der Waals surface area contributed by atoms with Crippen LogP contribution >= 0.6 is 11.6 Å². The molecule has 2 heterocycles. The molecule has 1 aliphatic heterocycles. The van der Waals surface area contributed by atoms with E-state index >= 15 is 0 Å². The molecule has 1 amide bonds. The third-order valence-electron chi connectivity index (χ3n) is 5.55. The van der Waals surface area contributed by atoms with Gasteiger partial charge >= 0.3 is 0 Å². The van der Waals surface area contributed by atoms with Gasteiger partial charge in [-0.1, -0.05) is 32.4 Å². The Labute approximate surface area is 188 Å². The average molecular weight is 466 g/mol. The smallest absolute Gasteiger partial charge is 0.234 e. The summed E-state index contributed by atoms with van der Waals surface area (Å²) in [6.07, 6.45) is 3.64. The number of hydrogen-bond donors (Lipinski definition) is 0. The summed E-state index contributed by atoms with van der Waals surface area (Å²) in [6.45, 7) is 8.41. The Morgan fingerprint density at radius 3 is 2.16 bits per heavy atom. The molecule has 0 saturated carbocycles. The van der Waals surface area contributed by atoms with E-state index in [-0.39, 0.29) is 16.8 Å². The summed E-state index contributed by atoms with van der Waals surface area (Å²) in [5.41, 5.74) is -0.0912. The number of rotatable bonds is 5. The van der Waals surface area contributed by atoms with Crippen LogP contribution in [0.4, 0.5) is 5.95 Å². The molecule has 0 N–H and O–H groups in total. The van der Waals surface area contributed by atoms with Crippen LogP contribution in [0.25, 0.3) is 0 Å². The zero-order valence-electron chi connectivity index (χ0n) is 18.3. The maximum absolute atomic E-state index is 13.7. The fourth-order valence-electron chi connectivity index (χ4n) is 3.73. The van der Waals surface area contributed by atoms with E-state index in [4.69, 9.17) is 16.3 Å². The van der Waals surface area contributed by atoms with Gasteiger partial charge in [0.15, 0.2) is 9.84 Å². The van der Waals surface area contributed by atoms with Gasteiger partial charge in [0.05, 0.1) is 4.90 Å². The van der Waals surface area contributed by atoms with E-state index in [0.29, 0.717) is 43.2 Å². The van der Waals surface area contributed by atoms with E-state index in [2.05, 4.69) is 9.97 Å². The fraction of sp³-hybridized carbons (Fsp3) is 0.500. The number of carbonyl (C=O) groups excluding carboxylic acids is 1. The predicted molar refractivity (Wildman–Crippen MR) is 120 cm³/mol. The number of amides is 1. The molecule has 0 radical (unpaired) electrons. The first kappa shape index (κ1) is 23.6. The summed E-state index contributed by atoms with van der Waals surface area (Å²) >= 11 is 5.95. The minimum absolute atomic E-state index is 0.0997. The second kappa shape index (κ2) is 8.84. The molecule has 168 valence electrons. The molecule has 9 heteroatoms. The number of aromatic nitrogens is 2. The minimum Gasteiger partial charge on any atom is -0.381 e. The van der Waals surface area contributed by atoms with Crippen molar-refractivity contribution in [1.82, 2.24) is 9.97 Å². The van der Waals surface area contributed by atoms with E-state index in [1.54, 1.807) is 12.1 Å². The fourth-order valence-corrected chi connectivity index (χ4v) is 5.92. The molecule has 2 aromatic rings. The van der Waals surface area contributed by atoms with Gasteiger partial charge in [-0.25, -0.2) is 18.4 Å². The van der Waals surface area contributed by atoms with E-state index in [1.165, 1.54) is 29.4 Å². The number of sulfone groups is 1. The highest BCUT2D eigenvalue weighted by atomic mass is 35.5. The van der Waals surface area contributed by atoms with Gasteiger partial charge in [0.1, 0.15) is 4.75 Å². The van der Waals surface area contributed by atoms with Crippen molar-refractivity contribution in [3.8, 4) is 0 Å². The van der Waals surface area contributed by atoms with Crippen molar-refractivity contribution in [3.63, 3.8) is 0 Å². The number of ether oxygens (including phenoxy) is 1. The second-order valence-corrected chi connectivity index (χ2v) is 11.3. The summed E-state index contributed by atoms with van der Waals surface area (Å²) < 4.78 is 31.7. The molecule has 0 unspecified atom stereocenters. The van der Waals surface area contributed by atoms with Crippen LogP contribution in [0, 0.1) is 5.41 Å². The highest BCUT2D eigenvalue weighted by Gasteiger charge is 2.48. The first-order chi connectivity index (χ1) is 14.5. The maximum atomic E-state index is 13.7. The first-order valence-electron chi connectivity index (χ1n) is 10.3. The largest absolute Gasteiger partial charge is 0.381 e. The van der Waals surface area contributed by atoms with Gasteiger partial charge in [-0.3, -0.25) is 9.69 Å². The Hall–Kier alpha value is -2.03. The zero-order chi connectivity index (χ0) is 22.9. The molecule has 1 aromatic carbocycles. The second-order valence-electron chi connectivity index (χ2n) is 8.64. The number of carbonyl (C=O) groups is 1. The molecule has 0 aliphatic carbocycles. The zero-order valence-corrected chi connectivity index (χ0v) is 19.8. The summed E-state index contributed by atoms with van der Waals surface area (Å²) in [4.78, 5) is 23.2. The van der Waals surface area contributed by atoms with Crippen LogP contribution in [0.15, 0.2) is 41.6 Å².